The van der Waals surface area contributed by atoms with E-state index in [1.54, 1.807) is 18.3 Å². The molecule has 2 amide bonds. The first-order valence-corrected chi connectivity index (χ1v) is 6.36. The highest BCUT2D eigenvalue weighted by Gasteiger charge is 2.33. The van der Waals surface area contributed by atoms with Crippen molar-refractivity contribution < 1.29 is 9.59 Å². The largest absolute Gasteiger partial charge is 0.269 e. The van der Waals surface area contributed by atoms with Crippen molar-refractivity contribution >= 4 is 23.2 Å². The maximum Gasteiger partial charge on any atom is 0.257 e. The zero-order valence-electron chi connectivity index (χ0n) is 10.4. The van der Waals surface area contributed by atoms with Crippen LogP contribution < -0.4 is 0 Å². The van der Waals surface area contributed by atoms with E-state index in [2.05, 4.69) is 6.07 Å². The van der Waals surface area contributed by atoms with Gasteiger partial charge in [0.15, 0.2) is 0 Å². The Balaban J connectivity index is 2.34. The van der Waals surface area contributed by atoms with Crippen LogP contribution in [0.3, 0.4) is 0 Å². The summed E-state index contributed by atoms with van der Waals surface area (Å²) in [6, 6.07) is 1.87. The number of carbonyl (C=O) groups is 2. The van der Waals surface area contributed by atoms with Gasteiger partial charge in [-0.2, -0.15) is 0 Å². The van der Waals surface area contributed by atoms with E-state index < -0.39 is 0 Å². The van der Waals surface area contributed by atoms with Crippen molar-refractivity contribution in [3.63, 3.8) is 0 Å². The van der Waals surface area contributed by atoms with E-state index in [-0.39, 0.29) is 17.9 Å². The number of hydrogen-bond acceptors (Lipinski definition) is 3. The molecule has 0 bridgehead atoms. The lowest BCUT2D eigenvalue weighted by molar-refractivity contribution is -0.139. The maximum absolute atomic E-state index is 11.9. The number of carbonyl (C=O) groups excluding carboxylic acids is 2. The lowest BCUT2D eigenvalue weighted by Gasteiger charge is -2.23. The molecule has 0 fully saturated rings. The van der Waals surface area contributed by atoms with Crippen molar-refractivity contribution in [2.24, 2.45) is 0 Å². The van der Waals surface area contributed by atoms with Gasteiger partial charge in [0.2, 0.25) is 0 Å². The van der Waals surface area contributed by atoms with Crippen LogP contribution in [0.4, 0.5) is 0 Å². The standard InChI is InChI=1S/C13H15NO2S/c1-7-5-12(15)14(13(7)16)9(3)11-6-8(2)17-10(11)4/h5-6,9H,1-4H3. The number of amides is 2. The third-order valence-corrected chi connectivity index (χ3v) is 4.03. The molecule has 2 rings (SSSR count). The van der Waals surface area contributed by atoms with Gasteiger partial charge < -0.3 is 0 Å². The smallest absolute Gasteiger partial charge is 0.257 e. The van der Waals surface area contributed by atoms with Crippen LogP contribution >= 0.6 is 11.3 Å². The molecule has 1 aliphatic heterocycles. The summed E-state index contributed by atoms with van der Waals surface area (Å²) in [6.45, 7) is 7.63. The zero-order valence-corrected chi connectivity index (χ0v) is 11.2. The Hall–Kier alpha value is -1.42. The minimum absolute atomic E-state index is 0.175. The summed E-state index contributed by atoms with van der Waals surface area (Å²) in [5.41, 5.74) is 1.59. The van der Waals surface area contributed by atoms with E-state index in [9.17, 15) is 9.59 Å². The van der Waals surface area contributed by atoms with Gasteiger partial charge >= 0.3 is 0 Å². The highest BCUT2D eigenvalue weighted by Crippen LogP contribution is 2.32. The molecule has 4 heteroatoms. The lowest BCUT2D eigenvalue weighted by Crippen LogP contribution is -2.33. The number of aryl methyl sites for hydroxylation is 2. The first-order valence-electron chi connectivity index (χ1n) is 5.54. The second-order valence-corrected chi connectivity index (χ2v) is 5.85. The van der Waals surface area contributed by atoms with E-state index >= 15 is 0 Å². The molecule has 1 unspecified atom stereocenters. The summed E-state index contributed by atoms with van der Waals surface area (Å²) in [4.78, 5) is 27.4. The Bertz CT molecular complexity index is 528. The lowest BCUT2D eigenvalue weighted by atomic mass is 10.1. The molecule has 0 N–H and O–H groups in total. The number of thiophene rings is 1. The van der Waals surface area contributed by atoms with Crippen LogP contribution in [-0.2, 0) is 9.59 Å². The average molecular weight is 249 g/mol. The molecule has 1 aromatic rings. The molecule has 1 aliphatic rings. The summed E-state index contributed by atoms with van der Waals surface area (Å²) in [5, 5.41) is 0. The number of rotatable bonds is 2. The average Bonchev–Trinajstić information content (AvgIpc) is 2.68. The summed E-state index contributed by atoms with van der Waals surface area (Å²) in [5.74, 6) is -0.381. The highest BCUT2D eigenvalue weighted by molar-refractivity contribution is 7.12. The molecule has 0 aliphatic carbocycles. The van der Waals surface area contributed by atoms with Gasteiger partial charge in [0.1, 0.15) is 0 Å². The predicted octanol–water partition coefficient (Wildman–Crippen LogP) is 2.74. The summed E-state index contributed by atoms with van der Waals surface area (Å²) in [6.07, 6.45) is 1.41. The minimum Gasteiger partial charge on any atom is -0.269 e. The third-order valence-electron chi connectivity index (χ3n) is 3.05. The van der Waals surface area contributed by atoms with E-state index in [4.69, 9.17) is 0 Å². The minimum atomic E-state index is -0.205. The van der Waals surface area contributed by atoms with Crippen LogP contribution in [0.1, 0.15) is 35.2 Å². The molecular formula is C13H15NO2S. The quantitative estimate of drug-likeness (QED) is 0.756. The van der Waals surface area contributed by atoms with Gasteiger partial charge in [-0.15, -0.1) is 11.3 Å². The van der Waals surface area contributed by atoms with Crippen molar-refractivity contribution in [2.75, 3.05) is 0 Å². The normalized spacial score (nSPS) is 17.6. The highest BCUT2D eigenvalue weighted by atomic mass is 32.1. The SMILES string of the molecule is CC1=CC(=O)N(C(C)c2cc(C)sc2C)C1=O. The van der Waals surface area contributed by atoms with Gasteiger partial charge in [-0.25, -0.2) is 0 Å². The Morgan fingerprint density at radius 2 is 1.88 bits per heavy atom. The van der Waals surface area contributed by atoms with Crippen molar-refractivity contribution in [3.8, 4) is 0 Å². The van der Waals surface area contributed by atoms with Crippen molar-refractivity contribution in [1.82, 2.24) is 4.90 Å². The van der Waals surface area contributed by atoms with Crippen molar-refractivity contribution in [1.29, 1.82) is 0 Å². The van der Waals surface area contributed by atoms with Crippen LogP contribution in [0, 0.1) is 13.8 Å². The van der Waals surface area contributed by atoms with Gasteiger partial charge in [-0.3, -0.25) is 14.5 Å². The Labute approximate surface area is 105 Å². The second-order valence-electron chi connectivity index (χ2n) is 4.39. The Morgan fingerprint density at radius 3 is 2.29 bits per heavy atom. The molecule has 3 nitrogen and oxygen atoms in total. The maximum atomic E-state index is 11.9. The van der Waals surface area contributed by atoms with Crippen molar-refractivity contribution in [3.05, 3.63) is 33.0 Å². The molecule has 1 aromatic heterocycles. The van der Waals surface area contributed by atoms with Crippen LogP contribution in [0.15, 0.2) is 17.7 Å². The van der Waals surface area contributed by atoms with Gasteiger partial charge in [0, 0.05) is 21.4 Å². The van der Waals surface area contributed by atoms with Crippen molar-refractivity contribution in [2.45, 2.75) is 33.7 Å². The summed E-state index contributed by atoms with van der Waals surface area (Å²) < 4.78 is 0. The predicted molar refractivity (Wildman–Crippen MR) is 67.8 cm³/mol. The molecular weight excluding hydrogens is 234 g/mol. The van der Waals surface area contributed by atoms with E-state index in [0.29, 0.717) is 5.57 Å². The Kier molecular flexibility index (Phi) is 2.91. The summed E-state index contributed by atoms with van der Waals surface area (Å²) in [7, 11) is 0. The zero-order chi connectivity index (χ0) is 12.7. The molecule has 17 heavy (non-hydrogen) atoms. The molecule has 0 saturated heterocycles. The van der Waals surface area contributed by atoms with E-state index in [0.717, 1.165) is 5.56 Å². The molecule has 0 saturated carbocycles. The van der Waals surface area contributed by atoms with Gasteiger partial charge in [0.25, 0.3) is 11.8 Å². The van der Waals surface area contributed by atoms with Crippen LogP contribution in [0.2, 0.25) is 0 Å². The van der Waals surface area contributed by atoms with Crippen LogP contribution in [0.25, 0.3) is 0 Å². The van der Waals surface area contributed by atoms with Crippen LogP contribution in [-0.4, -0.2) is 16.7 Å². The van der Waals surface area contributed by atoms with Gasteiger partial charge in [-0.05, 0) is 39.3 Å². The second kappa shape index (κ2) is 4.11. The topological polar surface area (TPSA) is 37.4 Å². The molecule has 0 aromatic carbocycles. The molecule has 0 spiro atoms. The van der Waals surface area contributed by atoms with E-state index in [1.165, 1.54) is 20.7 Å². The van der Waals surface area contributed by atoms with Crippen LogP contribution in [0.5, 0.6) is 0 Å². The fourth-order valence-corrected chi connectivity index (χ4v) is 3.19. The fraction of sp³-hybridized carbons (Fsp3) is 0.385. The van der Waals surface area contributed by atoms with Gasteiger partial charge in [0.05, 0.1) is 6.04 Å². The number of nitrogens with zero attached hydrogens (tertiary/aromatic N) is 1. The monoisotopic (exact) mass is 249 g/mol. The summed E-state index contributed by atoms with van der Waals surface area (Å²) >= 11 is 1.69. The molecule has 0 radical (unpaired) electrons. The van der Waals surface area contributed by atoms with Gasteiger partial charge in [-0.1, -0.05) is 0 Å². The number of hydrogen-bond donors (Lipinski definition) is 0. The third kappa shape index (κ3) is 1.93. The number of imide groups is 1. The first kappa shape index (κ1) is 12.0. The Morgan fingerprint density at radius 1 is 1.24 bits per heavy atom. The molecule has 2 heterocycles. The fourth-order valence-electron chi connectivity index (χ4n) is 2.18. The molecule has 1 atom stereocenters. The first-order chi connectivity index (χ1) is 7.91. The van der Waals surface area contributed by atoms with E-state index in [1.807, 2.05) is 20.8 Å². The molecule has 90 valence electrons.